The Morgan fingerprint density at radius 3 is 2.85 bits per heavy atom. The van der Waals surface area contributed by atoms with Crippen LogP contribution in [0.15, 0.2) is 18.2 Å². The lowest BCUT2D eigenvalue weighted by Crippen LogP contribution is -2.03. The fourth-order valence-corrected chi connectivity index (χ4v) is 2.49. The Labute approximate surface area is 120 Å². The Bertz CT molecular complexity index is 701. The van der Waals surface area contributed by atoms with Gasteiger partial charge in [0.2, 0.25) is 0 Å². The zero-order chi connectivity index (χ0) is 14.7. The van der Waals surface area contributed by atoms with Crippen LogP contribution in [0, 0.1) is 25.2 Å². The van der Waals surface area contributed by atoms with Crippen molar-refractivity contribution in [3.05, 3.63) is 39.9 Å². The predicted octanol–water partition coefficient (Wildman–Crippen LogP) is 3.16. The maximum absolute atomic E-state index is 11.5. The molecule has 0 aliphatic carbocycles. The van der Waals surface area contributed by atoms with E-state index in [1.165, 1.54) is 18.4 Å². The molecule has 0 spiro atoms. The van der Waals surface area contributed by atoms with E-state index in [0.29, 0.717) is 16.4 Å². The van der Waals surface area contributed by atoms with Gasteiger partial charge in [-0.3, -0.25) is 0 Å². The van der Waals surface area contributed by atoms with E-state index in [-0.39, 0.29) is 0 Å². The average molecular weight is 287 g/mol. The van der Waals surface area contributed by atoms with Gasteiger partial charge in [-0.15, -0.1) is 11.3 Å². The van der Waals surface area contributed by atoms with Crippen molar-refractivity contribution < 1.29 is 9.53 Å². The van der Waals surface area contributed by atoms with Gasteiger partial charge in [-0.2, -0.15) is 5.26 Å². The molecule has 0 bridgehead atoms. The number of nitriles is 1. The smallest absolute Gasteiger partial charge is 0.357 e. The van der Waals surface area contributed by atoms with Gasteiger partial charge in [0.25, 0.3) is 0 Å². The Morgan fingerprint density at radius 2 is 2.20 bits per heavy atom. The number of carbonyl (C=O) groups is 1. The average Bonchev–Trinajstić information content (AvgIpc) is 2.81. The molecule has 0 aliphatic rings. The second-order valence-electron chi connectivity index (χ2n) is 4.18. The number of nitrogens with zero attached hydrogens (tertiary/aromatic N) is 2. The molecule has 0 saturated carbocycles. The van der Waals surface area contributed by atoms with Crippen molar-refractivity contribution in [3.8, 4) is 6.07 Å². The number of ether oxygens (including phenoxy) is 1. The highest BCUT2D eigenvalue weighted by Crippen LogP contribution is 2.27. The van der Waals surface area contributed by atoms with Crippen molar-refractivity contribution >= 4 is 28.1 Å². The second-order valence-corrected chi connectivity index (χ2v) is 5.39. The highest BCUT2D eigenvalue weighted by Gasteiger charge is 2.16. The molecule has 1 aromatic carbocycles. The lowest BCUT2D eigenvalue weighted by molar-refractivity contribution is 0.0594. The number of carbonyl (C=O) groups excluding carboxylic acids is 1. The van der Waals surface area contributed by atoms with Gasteiger partial charge < -0.3 is 10.1 Å². The maximum atomic E-state index is 11.5. The minimum Gasteiger partial charge on any atom is -0.464 e. The minimum absolute atomic E-state index is 0.314. The first-order valence-corrected chi connectivity index (χ1v) is 6.70. The summed E-state index contributed by atoms with van der Waals surface area (Å²) in [4.78, 5) is 16.5. The van der Waals surface area contributed by atoms with Crippen LogP contribution in [0.5, 0.6) is 0 Å². The van der Waals surface area contributed by atoms with Gasteiger partial charge in [0.05, 0.1) is 18.7 Å². The molecule has 0 unspecified atom stereocenters. The summed E-state index contributed by atoms with van der Waals surface area (Å²) in [6.45, 7) is 3.75. The third kappa shape index (κ3) is 2.78. The van der Waals surface area contributed by atoms with Crippen molar-refractivity contribution in [3.63, 3.8) is 0 Å². The summed E-state index contributed by atoms with van der Waals surface area (Å²) >= 11 is 1.37. The lowest BCUT2D eigenvalue weighted by atomic mass is 10.1. The molecule has 0 atom stereocenters. The number of rotatable bonds is 3. The normalized spacial score (nSPS) is 9.90. The van der Waals surface area contributed by atoms with E-state index in [1.807, 2.05) is 19.9 Å². The highest BCUT2D eigenvalue weighted by atomic mass is 32.1. The zero-order valence-electron chi connectivity index (χ0n) is 11.4. The van der Waals surface area contributed by atoms with Gasteiger partial charge in [-0.05, 0) is 31.5 Å². The number of benzene rings is 1. The number of esters is 1. The fourth-order valence-electron chi connectivity index (χ4n) is 1.68. The Kier molecular flexibility index (Phi) is 4.01. The monoisotopic (exact) mass is 287 g/mol. The first kappa shape index (κ1) is 14.0. The molecular formula is C14H13N3O2S. The topological polar surface area (TPSA) is 75.0 Å². The lowest BCUT2D eigenvalue weighted by Gasteiger charge is -2.06. The molecule has 20 heavy (non-hydrogen) atoms. The number of hydrogen-bond acceptors (Lipinski definition) is 6. The summed E-state index contributed by atoms with van der Waals surface area (Å²) in [6, 6.07) is 7.47. The Morgan fingerprint density at radius 1 is 1.45 bits per heavy atom. The number of methoxy groups -OCH3 is 1. The summed E-state index contributed by atoms with van der Waals surface area (Å²) in [5, 5.41) is 12.7. The molecule has 0 amide bonds. The highest BCUT2D eigenvalue weighted by molar-refractivity contribution is 7.15. The maximum Gasteiger partial charge on any atom is 0.357 e. The molecule has 102 valence electrons. The van der Waals surface area contributed by atoms with E-state index >= 15 is 0 Å². The van der Waals surface area contributed by atoms with Crippen LogP contribution >= 0.6 is 11.3 Å². The van der Waals surface area contributed by atoms with Gasteiger partial charge in [0.1, 0.15) is 0 Å². The molecular weight excluding hydrogens is 274 g/mol. The summed E-state index contributed by atoms with van der Waals surface area (Å²) < 4.78 is 4.68. The Balaban J connectivity index is 2.31. The molecule has 2 aromatic rings. The third-order valence-electron chi connectivity index (χ3n) is 2.78. The van der Waals surface area contributed by atoms with Crippen LogP contribution in [-0.4, -0.2) is 18.1 Å². The molecule has 2 rings (SSSR count). The van der Waals surface area contributed by atoms with Gasteiger partial charge in [-0.1, -0.05) is 6.07 Å². The largest absolute Gasteiger partial charge is 0.464 e. The van der Waals surface area contributed by atoms with Crippen molar-refractivity contribution in [2.45, 2.75) is 13.8 Å². The van der Waals surface area contributed by atoms with Crippen LogP contribution in [0.25, 0.3) is 0 Å². The summed E-state index contributed by atoms with van der Waals surface area (Å²) in [5.74, 6) is -0.450. The molecule has 6 heteroatoms. The quantitative estimate of drug-likeness (QED) is 0.878. The predicted molar refractivity (Wildman–Crippen MR) is 77.4 cm³/mol. The Hall–Kier alpha value is -2.39. The first-order chi connectivity index (χ1) is 9.55. The van der Waals surface area contributed by atoms with Crippen LogP contribution in [0.2, 0.25) is 0 Å². The molecule has 0 saturated heterocycles. The van der Waals surface area contributed by atoms with Crippen LogP contribution in [0.3, 0.4) is 0 Å². The fraction of sp³-hybridized carbons (Fsp3) is 0.214. The number of nitrogens with one attached hydrogen (secondary N) is 1. The second kappa shape index (κ2) is 5.72. The molecule has 0 aliphatic heterocycles. The van der Waals surface area contributed by atoms with Crippen LogP contribution in [-0.2, 0) is 4.74 Å². The standard InChI is InChI=1S/C14H13N3O2S/c1-8-4-5-10(7-15)6-11(8)16-14-17-12(9(2)20-14)13(18)19-3/h4-6H,1-3H3,(H,16,17). The van der Waals surface area contributed by atoms with Gasteiger partial charge in [-0.25, -0.2) is 9.78 Å². The van der Waals surface area contributed by atoms with Crippen molar-refractivity contribution in [2.24, 2.45) is 0 Å². The number of aromatic nitrogens is 1. The van der Waals surface area contributed by atoms with Crippen LogP contribution < -0.4 is 5.32 Å². The number of aryl methyl sites for hydroxylation is 2. The van der Waals surface area contributed by atoms with E-state index < -0.39 is 5.97 Å². The molecule has 5 nitrogen and oxygen atoms in total. The zero-order valence-corrected chi connectivity index (χ0v) is 12.2. The van der Waals surface area contributed by atoms with Crippen molar-refractivity contribution in [1.29, 1.82) is 5.26 Å². The van der Waals surface area contributed by atoms with E-state index in [0.717, 1.165) is 16.1 Å². The summed E-state index contributed by atoms with van der Waals surface area (Å²) in [5.41, 5.74) is 2.68. The van der Waals surface area contributed by atoms with E-state index in [1.54, 1.807) is 12.1 Å². The van der Waals surface area contributed by atoms with E-state index in [9.17, 15) is 4.79 Å². The molecule has 1 heterocycles. The molecule has 1 N–H and O–H groups in total. The molecule has 1 aromatic heterocycles. The minimum atomic E-state index is -0.450. The van der Waals surface area contributed by atoms with Crippen LogP contribution in [0.1, 0.15) is 26.5 Å². The van der Waals surface area contributed by atoms with Gasteiger partial charge >= 0.3 is 5.97 Å². The van der Waals surface area contributed by atoms with Gasteiger partial charge in [0.15, 0.2) is 10.8 Å². The van der Waals surface area contributed by atoms with Gasteiger partial charge in [0, 0.05) is 10.6 Å². The number of anilines is 2. The van der Waals surface area contributed by atoms with Crippen LogP contribution in [0.4, 0.5) is 10.8 Å². The first-order valence-electron chi connectivity index (χ1n) is 5.88. The summed E-state index contributed by atoms with van der Waals surface area (Å²) in [6.07, 6.45) is 0. The van der Waals surface area contributed by atoms with E-state index in [2.05, 4.69) is 21.1 Å². The van der Waals surface area contributed by atoms with E-state index in [4.69, 9.17) is 5.26 Å². The number of hydrogen-bond donors (Lipinski definition) is 1. The molecule has 0 fully saturated rings. The molecule has 0 radical (unpaired) electrons. The van der Waals surface area contributed by atoms with Crippen molar-refractivity contribution in [2.75, 3.05) is 12.4 Å². The number of thiazole rings is 1. The summed E-state index contributed by atoms with van der Waals surface area (Å²) in [7, 11) is 1.33. The SMILES string of the molecule is COC(=O)c1nc(Nc2cc(C#N)ccc2C)sc1C. The van der Waals surface area contributed by atoms with Crippen molar-refractivity contribution in [1.82, 2.24) is 4.98 Å². The third-order valence-corrected chi connectivity index (χ3v) is 3.67.